The predicted molar refractivity (Wildman–Crippen MR) is 73.2 cm³/mol. The Morgan fingerprint density at radius 2 is 2.20 bits per heavy atom. The molecule has 1 unspecified atom stereocenters. The minimum atomic E-state index is -1.34. The van der Waals surface area contributed by atoms with E-state index in [1.54, 1.807) is 0 Å². The average Bonchev–Trinajstić information content (AvgIpc) is 2.75. The first-order valence-corrected chi connectivity index (χ1v) is 7.13. The second-order valence-electron chi connectivity index (χ2n) is 4.14. The van der Waals surface area contributed by atoms with Crippen LogP contribution in [0.5, 0.6) is 0 Å². The van der Waals surface area contributed by atoms with Gasteiger partial charge in [-0.1, -0.05) is 5.16 Å². The number of aromatic nitrogens is 1. The Labute approximate surface area is 121 Å². The second kappa shape index (κ2) is 7.91. The van der Waals surface area contributed by atoms with Crippen LogP contribution >= 0.6 is 11.8 Å². The van der Waals surface area contributed by atoms with Gasteiger partial charge >= 0.3 is 5.97 Å². The molecule has 112 valence electrons. The summed E-state index contributed by atoms with van der Waals surface area (Å²) in [4.78, 5) is 22.4. The van der Waals surface area contributed by atoms with E-state index in [2.05, 4.69) is 15.2 Å². The molecule has 2 N–H and O–H groups in total. The summed E-state index contributed by atoms with van der Waals surface area (Å²) >= 11 is 1.40. The summed E-state index contributed by atoms with van der Waals surface area (Å²) < 4.78 is 9.36. The van der Waals surface area contributed by atoms with Crippen LogP contribution in [0.2, 0.25) is 0 Å². The zero-order chi connectivity index (χ0) is 15.1. The van der Waals surface area contributed by atoms with Crippen molar-refractivity contribution < 1.29 is 24.0 Å². The molecule has 0 aliphatic rings. The lowest BCUT2D eigenvalue weighted by Gasteiger charge is -2.09. The van der Waals surface area contributed by atoms with E-state index in [1.807, 2.05) is 13.8 Å². The van der Waals surface area contributed by atoms with Crippen LogP contribution in [-0.2, 0) is 20.1 Å². The molecule has 0 aliphatic heterocycles. The van der Waals surface area contributed by atoms with Gasteiger partial charge in [-0.2, -0.15) is 0 Å². The monoisotopic (exact) mass is 302 g/mol. The first kappa shape index (κ1) is 16.5. The largest absolute Gasteiger partial charge is 0.467 e. The molecular weight excluding hydrogens is 284 g/mol. The number of aliphatic hydroxyl groups is 1. The van der Waals surface area contributed by atoms with Gasteiger partial charge in [0, 0.05) is 11.3 Å². The van der Waals surface area contributed by atoms with E-state index in [4.69, 9.17) is 4.52 Å². The number of esters is 1. The molecule has 8 heteroatoms. The lowest BCUT2D eigenvalue weighted by atomic mass is 10.2. The molecular formula is C12H18N2O5S. The number of thioether (sulfide) groups is 1. The quantitative estimate of drug-likeness (QED) is 0.692. The Kier molecular flexibility index (Phi) is 6.53. The van der Waals surface area contributed by atoms with Crippen LogP contribution in [0.3, 0.4) is 0 Å². The normalized spacial score (nSPS) is 12.0. The standard InChI is InChI=1S/C12H18N2O5S/c1-7-9(8(2)19-14-7)5-20-6-11(16)13-4-10(15)12(17)18-3/h10,15H,4-6H2,1-3H3,(H,13,16). The summed E-state index contributed by atoms with van der Waals surface area (Å²) in [5, 5.41) is 15.6. The molecule has 0 aromatic carbocycles. The molecule has 1 heterocycles. The van der Waals surface area contributed by atoms with Crippen LogP contribution in [0, 0.1) is 13.8 Å². The summed E-state index contributed by atoms with van der Waals surface area (Å²) in [6.07, 6.45) is -1.34. The van der Waals surface area contributed by atoms with Crippen LogP contribution in [0.25, 0.3) is 0 Å². The Morgan fingerprint density at radius 1 is 1.50 bits per heavy atom. The Bertz CT molecular complexity index is 455. The first-order valence-electron chi connectivity index (χ1n) is 5.97. The van der Waals surface area contributed by atoms with E-state index in [0.29, 0.717) is 5.75 Å². The third kappa shape index (κ3) is 4.86. The summed E-state index contributed by atoms with van der Waals surface area (Å²) in [6.45, 7) is 3.51. The molecule has 20 heavy (non-hydrogen) atoms. The van der Waals surface area contributed by atoms with Crippen LogP contribution in [0.1, 0.15) is 17.0 Å². The van der Waals surface area contributed by atoms with Crippen molar-refractivity contribution in [1.82, 2.24) is 10.5 Å². The summed E-state index contributed by atoms with van der Waals surface area (Å²) in [7, 11) is 1.17. The lowest BCUT2D eigenvalue weighted by Crippen LogP contribution is -2.37. The van der Waals surface area contributed by atoms with Gasteiger partial charge in [-0.25, -0.2) is 4.79 Å². The van der Waals surface area contributed by atoms with E-state index in [1.165, 1.54) is 18.9 Å². The van der Waals surface area contributed by atoms with Gasteiger partial charge in [-0.3, -0.25) is 4.79 Å². The number of hydrogen-bond acceptors (Lipinski definition) is 7. The van der Waals surface area contributed by atoms with Crippen molar-refractivity contribution in [2.75, 3.05) is 19.4 Å². The van der Waals surface area contributed by atoms with Crippen LogP contribution in [-0.4, -0.2) is 47.7 Å². The molecule has 1 atom stereocenters. The van der Waals surface area contributed by atoms with E-state index in [0.717, 1.165) is 17.0 Å². The number of nitrogens with one attached hydrogen (secondary N) is 1. The van der Waals surface area contributed by atoms with Gasteiger partial charge in [0.2, 0.25) is 5.91 Å². The molecule has 1 aromatic heterocycles. The SMILES string of the molecule is COC(=O)C(O)CNC(=O)CSCc1c(C)noc1C. The molecule has 1 amide bonds. The van der Waals surface area contributed by atoms with Crippen LogP contribution < -0.4 is 5.32 Å². The number of aryl methyl sites for hydroxylation is 2. The fourth-order valence-electron chi connectivity index (χ4n) is 1.43. The minimum Gasteiger partial charge on any atom is -0.467 e. The minimum absolute atomic E-state index is 0.155. The molecule has 0 spiro atoms. The number of carbonyl (C=O) groups excluding carboxylic acids is 2. The fraction of sp³-hybridized carbons (Fsp3) is 0.583. The number of nitrogens with zero attached hydrogens (tertiary/aromatic N) is 1. The molecule has 0 saturated heterocycles. The number of rotatable bonds is 7. The van der Waals surface area contributed by atoms with Crippen molar-refractivity contribution in [2.24, 2.45) is 0 Å². The first-order chi connectivity index (χ1) is 9.45. The summed E-state index contributed by atoms with van der Waals surface area (Å²) in [5.41, 5.74) is 1.80. The predicted octanol–water partition coefficient (Wildman–Crippen LogP) is 0.175. The maximum Gasteiger partial charge on any atom is 0.336 e. The maximum atomic E-state index is 11.5. The number of hydrogen-bond donors (Lipinski definition) is 2. The molecule has 7 nitrogen and oxygen atoms in total. The summed E-state index contributed by atoms with van der Waals surface area (Å²) in [5.74, 6) is 0.557. The van der Waals surface area contributed by atoms with Crippen molar-refractivity contribution >= 4 is 23.6 Å². The van der Waals surface area contributed by atoms with Gasteiger partial charge in [-0.15, -0.1) is 11.8 Å². The Morgan fingerprint density at radius 3 is 2.75 bits per heavy atom. The molecule has 1 aromatic rings. The maximum absolute atomic E-state index is 11.5. The van der Waals surface area contributed by atoms with E-state index in [-0.39, 0.29) is 18.2 Å². The van der Waals surface area contributed by atoms with Gasteiger partial charge < -0.3 is 19.7 Å². The second-order valence-corrected chi connectivity index (χ2v) is 5.12. The Hall–Kier alpha value is -1.54. The zero-order valence-corrected chi connectivity index (χ0v) is 12.5. The highest BCUT2D eigenvalue weighted by Crippen LogP contribution is 2.19. The average molecular weight is 302 g/mol. The summed E-state index contributed by atoms with van der Waals surface area (Å²) in [6, 6.07) is 0. The van der Waals surface area contributed by atoms with Gasteiger partial charge in [0.05, 0.1) is 25.1 Å². The van der Waals surface area contributed by atoms with Gasteiger partial charge in [0.1, 0.15) is 5.76 Å². The van der Waals surface area contributed by atoms with E-state index >= 15 is 0 Å². The van der Waals surface area contributed by atoms with Crippen molar-refractivity contribution in [3.63, 3.8) is 0 Å². The molecule has 0 radical (unpaired) electrons. The lowest BCUT2D eigenvalue weighted by molar-refractivity contribution is -0.150. The smallest absolute Gasteiger partial charge is 0.336 e. The molecule has 0 saturated carbocycles. The molecule has 1 rings (SSSR count). The number of aliphatic hydroxyl groups excluding tert-OH is 1. The number of ether oxygens (including phenoxy) is 1. The van der Waals surface area contributed by atoms with Gasteiger partial charge in [0.25, 0.3) is 0 Å². The molecule has 0 bridgehead atoms. The van der Waals surface area contributed by atoms with Crippen molar-refractivity contribution in [3.8, 4) is 0 Å². The third-order valence-corrected chi connectivity index (χ3v) is 3.59. The number of methoxy groups -OCH3 is 1. The zero-order valence-electron chi connectivity index (χ0n) is 11.6. The van der Waals surface area contributed by atoms with Crippen LogP contribution in [0.4, 0.5) is 0 Å². The van der Waals surface area contributed by atoms with Crippen molar-refractivity contribution in [2.45, 2.75) is 25.7 Å². The highest BCUT2D eigenvalue weighted by atomic mass is 32.2. The van der Waals surface area contributed by atoms with Crippen molar-refractivity contribution in [3.05, 3.63) is 17.0 Å². The Balaban J connectivity index is 2.26. The third-order valence-electron chi connectivity index (χ3n) is 2.63. The number of carbonyl (C=O) groups is 2. The van der Waals surface area contributed by atoms with Crippen LogP contribution in [0.15, 0.2) is 4.52 Å². The molecule has 0 aliphatic carbocycles. The topological polar surface area (TPSA) is 102 Å². The number of amides is 1. The molecule has 0 fully saturated rings. The van der Waals surface area contributed by atoms with E-state index in [9.17, 15) is 14.7 Å². The highest BCUT2D eigenvalue weighted by molar-refractivity contribution is 7.99. The van der Waals surface area contributed by atoms with Gasteiger partial charge in [-0.05, 0) is 13.8 Å². The fourth-order valence-corrected chi connectivity index (χ4v) is 2.44. The van der Waals surface area contributed by atoms with Gasteiger partial charge in [0.15, 0.2) is 6.10 Å². The van der Waals surface area contributed by atoms with Crippen molar-refractivity contribution in [1.29, 1.82) is 0 Å². The highest BCUT2D eigenvalue weighted by Gasteiger charge is 2.16. The van der Waals surface area contributed by atoms with E-state index < -0.39 is 12.1 Å².